The van der Waals surface area contributed by atoms with Gasteiger partial charge in [-0.2, -0.15) is 0 Å². The van der Waals surface area contributed by atoms with Crippen molar-refractivity contribution in [3.63, 3.8) is 0 Å². The first kappa shape index (κ1) is 20.0. The van der Waals surface area contributed by atoms with E-state index < -0.39 is 5.97 Å². The number of hydrogen-bond acceptors (Lipinski definition) is 6. The molecular weight excluding hydrogens is 374 g/mol. The number of aliphatic hydroxyl groups is 1. The standard InChI is InChI=1S/C22H23NO4S/c1-4-27-21(26)15-10-19(14-8-6-5-7-9-14)28-20(15)23-13-16-17(24)11-22(2,3)12-18(16)25/h5-10,13,24H,4,11-12H2,1-3H3/b23-13+. The molecule has 1 aromatic carbocycles. The van der Waals surface area contributed by atoms with Gasteiger partial charge in [-0.15, -0.1) is 11.3 Å². The minimum Gasteiger partial charge on any atom is -0.511 e. The van der Waals surface area contributed by atoms with E-state index in [0.717, 1.165) is 10.4 Å². The summed E-state index contributed by atoms with van der Waals surface area (Å²) in [5, 5.41) is 10.7. The van der Waals surface area contributed by atoms with E-state index in [2.05, 4.69) is 4.99 Å². The van der Waals surface area contributed by atoms with Crippen molar-refractivity contribution < 1.29 is 19.4 Å². The number of Topliss-reactive ketones (excluding diaryl/α,β-unsaturated/α-hetero) is 1. The van der Waals surface area contributed by atoms with Gasteiger partial charge < -0.3 is 9.84 Å². The van der Waals surface area contributed by atoms with Gasteiger partial charge in [-0.05, 0) is 24.0 Å². The van der Waals surface area contributed by atoms with Crippen molar-refractivity contribution in [3.8, 4) is 10.4 Å². The molecule has 0 saturated heterocycles. The van der Waals surface area contributed by atoms with Gasteiger partial charge in [0.05, 0.1) is 17.7 Å². The third-order valence-electron chi connectivity index (χ3n) is 4.47. The first-order valence-corrected chi connectivity index (χ1v) is 9.98. The second-order valence-electron chi connectivity index (χ2n) is 7.48. The minimum absolute atomic E-state index is 0.0440. The van der Waals surface area contributed by atoms with Crippen molar-refractivity contribution in [2.45, 2.75) is 33.6 Å². The number of hydrogen-bond donors (Lipinski definition) is 1. The quantitative estimate of drug-likeness (QED) is 0.534. The van der Waals surface area contributed by atoms with E-state index in [9.17, 15) is 14.7 Å². The van der Waals surface area contributed by atoms with Crippen molar-refractivity contribution in [3.05, 3.63) is 53.3 Å². The first-order chi connectivity index (χ1) is 13.3. The van der Waals surface area contributed by atoms with Crippen LogP contribution in [0.5, 0.6) is 0 Å². The van der Waals surface area contributed by atoms with Gasteiger partial charge in [-0.25, -0.2) is 9.79 Å². The normalized spacial score (nSPS) is 16.6. The lowest BCUT2D eigenvalue weighted by Crippen LogP contribution is -2.26. The molecule has 5 nitrogen and oxygen atoms in total. The lowest BCUT2D eigenvalue weighted by Gasteiger charge is -2.28. The molecule has 0 amide bonds. The number of ether oxygens (including phenoxy) is 1. The van der Waals surface area contributed by atoms with E-state index in [1.54, 1.807) is 13.0 Å². The topological polar surface area (TPSA) is 76.0 Å². The number of aliphatic imine (C=N–C) groups is 1. The van der Waals surface area contributed by atoms with E-state index in [0.29, 0.717) is 23.4 Å². The van der Waals surface area contributed by atoms with Gasteiger partial charge in [0.25, 0.3) is 0 Å². The molecule has 0 bridgehead atoms. The average molecular weight is 397 g/mol. The molecule has 0 radical (unpaired) electrons. The minimum atomic E-state index is -0.456. The summed E-state index contributed by atoms with van der Waals surface area (Å²) < 4.78 is 5.14. The maximum atomic E-state index is 12.4. The Bertz CT molecular complexity index is 954. The molecule has 0 fully saturated rings. The zero-order chi connectivity index (χ0) is 20.3. The molecule has 1 N–H and O–H groups in total. The molecule has 28 heavy (non-hydrogen) atoms. The highest BCUT2D eigenvalue weighted by atomic mass is 32.1. The summed E-state index contributed by atoms with van der Waals surface area (Å²) in [4.78, 5) is 30.0. The third-order valence-corrected chi connectivity index (χ3v) is 5.57. The number of aliphatic hydroxyl groups excluding tert-OH is 1. The number of rotatable bonds is 5. The monoisotopic (exact) mass is 397 g/mol. The Morgan fingerprint density at radius 2 is 2.00 bits per heavy atom. The summed E-state index contributed by atoms with van der Waals surface area (Å²) in [7, 11) is 0. The molecule has 1 heterocycles. The van der Waals surface area contributed by atoms with Crippen LogP contribution in [-0.2, 0) is 9.53 Å². The summed E-state index contributed by atoms with van der Waals surface area (Å²) >= 11 is 1.34. The van der Waals surface area contributed by atoms with Crippen LogP contribution in [0.4, 0.5) is 5.00 Å². The van der Waals surface area contributed by atoms with Gasteiger partial charge in [-0.3, -0.25) is 4.79 Å². The fourth-order valence-electron chi connectivity index (χ4n) is 3.15. The van der Waals surface area contributed by atoms with Crippen molar-refractivity contribution in [1.29, 1.82) is 0 Å². The summed E-state index contributed by atoms with van der Waals surface area (Å²) in [6.45, 7) is 5.90. The summed E-state index contributed by atoms with van der Waals surface area (Å²) in [5.41, 5.74) is 1.27. The SMILES string of the molecule is CCOC(=O)c1cc(-c2ccccc2)sc1/N=C/C1=C(O)CC(C)(C)CC1=O. The van der Waals surface area contributed by atoms with Crippen LogP contribution >= 0.6 is 11.3 Å². The van der Waals surface area contributed by atoms with Crippen LogP contribution in [-0.4, -0.2) is 29.7 Å². The Balaban J connectivity index is 1.98. The molecule has 1 aliphatic carbocycles. The van der Waals surface area contributed by atoms with Crippen LogP contribution < -0.4 is 0 Å². The van der Waals surface area contributed by atoms with Gasteiger partial charge in [-0.1, -0.05) is 44.2 Å². The molecule has 146 valence electrons. The van der Waals surface area contributed by atoms with Crippen molar-refractivity contribution >= 4 is 34.3 Å². The predicted octanol–water partition coefficient (Wildman–Crippen LogP) is 5.50. The first-order valence-electron chi connectivity index (χ1n) is 9.16. The zero-order valence-corrected chi connectivity index (χ0v) is 17.0. The van der Waals surface area contributed by atoms with Crippen LogP contribution in [0.3, 0.4) is 0 Å². The largest absolute Gasteiger partial charge is 0.511 e. The second kappa shape index (κ2) is 8.10. The zero-order valence-electron chi connectivity index (χ0n) is 16.2. The van der Waals surface area contributed by atoms with Crippen molar-refractivity contribution in [2.24, 2.45) is 10.4 Å². The number of thiophene rings is 1. The molecule has 0 spiro atoms. The predicted molar refractivity (Wildman–Crippen MR) is 112 cm³/mol. The molecule has 2 aromatic rings. The molecular formula is C22H23NO4S. The number of carbonyl (C=O) groups is 2. The van der Waals surface area contributed by atoms with Crippen LogP contribution in [0, 0.1) is 5.41 Å². The number of ketones is 1. The number of allylic oxidation sites excluding steroid dienone is 2. The maximum Gasteiger partial charge on any atom is 0.341 e. The van der Waals surface area contributed by atoms with Crippen molar-refractivity contribution in [1.82, 2.24) is 0 Å². The lowest BCUT2D eigenvalue weighted by molar-refractivity contribution is -0.117. The molecule has 3 rings (SSSR count). The van der Waals surface area contributed by atoms with Gasteiger partial charge in [0.15, 0.2) is 5.78 Å². The average Bonchev–Trinajstić information content (AvgIpc) is 3.05. The Morgan fingerprint density at radius 3 is 2.64 bits per heavy atom. The third kappa shape index (κ3) is 4.39. The highest BCUT2D eigenvalue weighted by Gasteiger charge is 2.32. The van der Waals surface area contributed by atoms with Gasteiger partial charge >= 0.3 is 5.97 Å². The number of carbonyl (C=O) groups excluding carboxylic acids is 2. The van der Waals surface area contributed by atoms with E-state index in [4.69, 9.17) is 4.74 Å². The molecule has 0 saturated carbocycles. The fourth-order valence-corrected chi connectivity index (χ4v) is 4.15. The fraction of sp³-hybridized carbons (Fsp3) is 0.318. The number of nitrogens with zero attached hydrogens (tertiary/aromatic N) is 1. The molecule has 0 aliphatic heterocycles. The smallest absolute Gasteiger partial charge is 0.341 e. The molecule has 0 unspecified atom stereocenters. The molecule has 6 heteroatoms. The van der Waals surface area contributed by atoms with E-state index in [-0.39, 0.29) is 29.1 Å². The van der Waals surface area contributed by atoms with E-state index >= 15 is 0 Å². The maximum absolute atomic E-state index is 12.4. The lowest BCUT2D eigenvalue weighted by atomic mass is 9.77. The summed E-state index contributed by atoms with van der Waals surface area (Å²) in [6.07, 6.45) is 2.14. The summed E-state index contributed by atoms with van der Waals surface area (Å²) in [6, 6.07) is 11.4. The highest BCUT2D eigenvalue weighted by Crippen LogP contribution is 2.39. The Kier molecular flexibility index (Phi) is 5.79. The number of esters is 1. The number of benzene rings is 1. The van der Waals surface area contributed by atoms with Crippen LogP contribution in [0.25, 0.3) is 10.4 Å². The van der Waals surface area contributed by atoms with E-state index in [1.165, 1.54) is 17.6 Å². The van der Waals surface area contributed by atoms with Gasteiger partial charge in [0.2, 0.25) is 0 Å². The Hall–Kier alpha value is -2.73. The van der Waals surface area contributed by atoms with Crippen LogP contribution in [0.2, 0.25) is 0 Å². The highest BCUT2D eigenvalue weighted by molar-refractivity contribution is 7.19. The van der Waals surface area contributed by atoms with Crippen LogP contribution in [0.15, 0.2) is 52.7 Å². The van der Waals surface area contributed by atoms with Crippen molar-refractivity contribution in [2.75, 3.05) is 6.61 Å². The Morgan fingerprint density at radius 1 is 1.29 bits per heavy atom. The van der Waals surface area contributed by atoms with E-state index in [1.807, 2.05) is 44.2 Å². The molecule has 1 aliphatic rings. The summed E-state index contributed by atoms with van der Waals surface area (Å²) in [5.74, 6) is -0.556. The molecule has 1 aromatic heterocycles. The van der Waals surface area contributed by atoms with Gasteiger partial charge in [0, 0.05) is 23.9 Å². The Labute approximate surface area is 168 Å². The van der Waals surface area contributed by atoms with Crippen LogP contribution in [0.1, 0.15) is 44.0 Å². The second-order valence-corrected chi connectivity index (χ2v) is 8.51. The van der Waals surface area contributed by atoms with Gasteiger partial charge in [0.1, 0.15) is 10.8 Å². The molecule has 0 atom stereocenters.